The molecule has 0 aromatic rings. The molecule has 0 N–H and O–H groups in total. The molecule has 6 nitrogen and oxygen atoms in total. The van der Waals surface area contributed by atoms with E-state index in [1.54, 1.807) is 0 Å². The van der Waals surface area contributed by atoms with Gasteiger partial charge in [0.2, 0.25) is 0 Å². The molecule has 0 aliphatic carbocycles. The van der Waals surface area contributed by atoms with Crippen LogP contribution in [0.1, 0.15) is 220 Å². The maximum atomic E-state index is 12.7. The highest BCUT2D eigenvalue weighted by Crippen LogP contribution is 2.13. The molecule has 60 heavy (non-hydrogen) atoms. The average molecular weight is 835 g/mol. The van der Waals surface area contributed by atoms with Gasteiger partial charge in [-0.2, -0.15) is 0 Å². The van der Waals surface area contributed by atoms with Gasteiger partial charge in [0.25, 0.3) is 0 Å². The first kappa shape index (κ1) is 56.6. The number of carbonyl (C=O) groups is 3. The van der Waals surface area contributed by atoms with E-state index in [0.29, 0.717) is 19.3 Å². The minimum Gasteiger partial charge on any atom is -0.462 e. The second kappa shape index (κ2) is 48.3. The number of allylic oxidation sites excluding steroid dienone is 14. The van der Waals surface area contributed by atoms with Crippen molar-refractivity contribution in [1.29, 1.82) is 0 Å². The molecule has 0 spiro atoms. The summed E-state index contributed by atoms with van der Waals surface area (Å²) < 4.78 is 16.7. The molecular weight excluding hydrogens is 745 g/mol. The largest absolute Gasteiger partial charge is 0.462 e. The van der Waals surface area contributed by atoms with Crippen molar-refractivity contribution < 1.29 is 28.6 Å². The van der Waals surface area contributed by atoms with Crippen molar-refractivity contribution in [2.24, 2.45) is 0 Å². The van der Waals surface area contributed by atoms with E-state index in [1.165, 1.54) is 83.5 Å². The second-order valence-electron chi connectivity index (χ2n) is 16.0. The predicted octanol–water partition coefficient (Wildman–Crippen LogP) is 16.0. The lowest BCUT2D eigenvalue weighted by atomic mass is 10.1. The van der Waals surface area contributed by atoms with E-state index >= 15 is 0 Å². The van der Waals surface area contributed by atoms with Gasteiger partial charge in [-0.1, -0.05) is 202 Å². The Balaban J connectivity index is 4.47. The lowest BCUT2D eigenvalue weighted by molar-refractivity contribution is -0.166. The summed E-state index contributed by atoms with van der Waals surface area (Å²) >= 11 is 0. The molecule has 0 saturated carbocycles. The number of carbonyl (C=O) groups excluding carboxylic acids is 3. The van der Waals surface area contributed by atoms with Crippen molar-refractivity contribution >= 4 is 17.9 Å². The van der Waals surface area contributed by atoms with Gasteiger partial charge in [0.15, 0.2) is 6.10 Å². The Labute approximate surface area is 369 Å². The molecule has 1 atom stereocenters. The number of hydrogen-bond donors (Lipinski definition) is 0. The molecular formula is C54H90O6. The molecule has 0 aliphatic rings. The van der Waals surface area contributed by atoms with Gasteiger partial charge in [0, 0.05) is 19.3 Å². The summed E-state index contributed by atoms with van der Waals surface area (Å²) in [6.07, 6.45) is 61.5. The van der Waals surface area contributed by atoms with Crippen molar-refractivity contribution in [2.45, 2.75) is 226 Å². The average Bonchev–Trinajstić information content (AvgIpc) is 3.24. The summed E-state index contributed by atoms with van der Waals surface area (Å²) in [5, 5.41) is 0. The summed E-state index contributed by atoms with van der Waals surface area (Å²) in [7, 11) is 0. The second-order valence-corrected chi connectivity index (χ2v) is 16.0. The fourth-order valence-corrected chi connectivity index (χ4v) is 6.46. The molecule has 0 bridgehead atoms. The van der Waals surface area contributed by atoms with Crippen LogP contribution in [0, 0.1) is 0 Å². The SMILES string of the molecule is CC/C=C\C/C=C\C/C=C\C/C=C\C/C=C\C/C=C\CCC(=O)OC[C@@H](COC(=O)CCCCCCCCCCC)OC(=O)CCCCCCC/C=C\CCCCCCC. The Morgan fingerprint density at radius 1 is 0.350 bits per heavy atom. The number of rotatable bonds is 43. The lowest BCUT2D eigenvalue weighted by Crippen LogP contribution is -2.30. The summed E-state index contributed by atoms with van der Waals surface area (Å²) in [5.41, 5.74) is 0. The van der Waals surface area contributed by atoms with Crippen molar-refractivity contribution in [3.8, 4) is 0 Å². The topological polar surface area (TPSA) is 78.9 Å². The fourth-order valence-electron chi connectivity index (χ4n) is 6.46. The highest BCUT2D eigenvalue weighted by molar-refractivity contribution is 5.71. The van der Waals surface area contributed by atoms with Crippen LogP contribution in [0.4, 0.5) is 0 Å². The molecule has 0 heterocycles. The van der Waals surface area contributed by atoms with Crippen LogP contribution in [0.25, 0.3) is 0 Å². The summed E-state index contributed by atoms with van der Waals surface area (Å²) in [5.74, 6) is -1.01. The Hall–Kier alpha value is -3.41. The summed E-state index contributed by atoms with van der Waals surface area (Å²) in [6.45, 7) is 6.41. The van der Waals surface area contributed by atoms with E-state index in [4.69, 9.17) is 14.2 Å². The van der Waals surface area contributed by atoms with E-state index in [2.05, 4.69) is 93.7 Å². The van der Waals surface area contributed by atoms with Crippen LogP contribution >= 0.6 is 0 Å². The molecule has 6 heteroatoms. The smallest absolute Gasteiger partial charge is 0.306 e. The quantitative estimate of drug-likeness (QED) is 0.0263. The van der Waals surface area contributed by atoms with Gasteiger partial charge in [-0.15, -0.1) is 0 Å². The van der Waals surface area contributed by atoms with Crippen LogP contribution in [0.15, 0.2) is 85.1 Å². The van der Waals surface area contributed by atoms with Gasteiger partial charge in [0.1, 0.15) is 13.2 Å². The van der Waals surface area contributed by atoms with E-state index in [-0.39, 0.29) is 37.5 Å². The molecule has 0 aromatic carbocycles. The van der Waals surface area contributed by atoms with Crippen molar-refractivity contribution in [3.05, 3.63) is 85.1 Å². The Morgan fingerprint density at radius 2 is 0.683 bits per heavy atom. The first-order valence-electron chi connectivity index (χ1n) is 24.6. The van der Waals surface area contributed by atoms with E-state index < -0.39 is 6.10 Å². The third kappa shape index (κ3) is 45.7. The number of ether oxygens (including phenoxy) is 3. The zero-order valence-electron chi connectivity index (χ0n) is 38.9. The highest BCUT2D eigenvalue weighted by Gasteiger charge is 2.19. The molecule has 0 radical (unpaired) electrons. The van der Waals surface area contributed by atoms with Crippen LogP contribution in [0.5, 0.6) is 0 Å². The monoisotopic (exact) mass is 835 g/mol. The summed E-state index contributed by atoms with van der Waals surface area (Å²) in [4.78, 5) is 37.8. The van der Waals surface area contributed by atoms with Crippen LogP contribution < -0.4 is 0 Å². The van der Waals surface area contributed by atoms with Crippen molar-refractivity contribution in [3.63, 3.8) is 0 Å². The van der Waals surface area contributed by atoms with Crippen LogP contribution in [-0.2, 0) is 28.6 Å². The first-order chi connectivity index (χ1) is 29.5. The third-order valence-corrected chi connectivity index (χ3v) is 10.1. The predicted molar refractivity (Wildman–Crippen MR) is 256 cm³/mol. The van der Waals surface area contributed by atoms with Gasteiger partial charge in [0.05, 0.1) is 0 Å². The molecule has 0 amide bonds. The molecule has 0 aliphatic heterocycles. The van der Waals surface area contributed by atoms with Gasteiger partial charge in [-0.05, 0) is 83.5 Å². The van der Waals surface area contributed by atoms with E-state index in [0.717, 1.165) is 89.9 Å². The normalized spacial score (nSPS) is 12.8. The standard InChI is InChI=1S/C54H90O6/c1-4-7-10-13-16-19-21-23-25-26-27-28-29-31-32-35-38-41-44-47-53(56)59-50-51(49-58-52(55)46-43-40-37-34-18-15-12-9-6-3)60-54(57)48-45-42-39-36-33-30-24-22-20-17-14-11-8-5-2/h7,10,16,19,22-25,27-28,31-32,38,41,51H,4-6,8-9,11-15,17-18,20-21,26,29-30,33-37,39-40,42-50H2,1-3H3/b10-7-,19-16-,24-22-,25-23-,28-27-,32-31-,41-38-/t51-/m1/s1. The zero-order chi connectivity index (χ0) is 43.7. The molecule has 0 saturated heterocycles. The van der Waals surface area contributed by atoms with Gasteiger partial charge < -0.3 is 14.2 Å². The summed E-state index contributed by atoms with van der Waals surface area (Å²) in [6, 6.07) is 0. The maximum absolute atomic E-state index is 12.7. The minimum atomic E-state index is -0.808. The Morgan fingerprint density at radius 3 is 1.12 bits per heavy atom. The fraction of sp³-hybridized carbons (Fsp3) is 0.685. The molecule has 0 fully saturated rings. The van der Waals surface area contributed by atoms with Gasteiger partial charge >= 0.3 is 17.9 Å². The number of esters is 3. The molecule has 0 unspecified atom stereocenters. The third-order valence-electron chi connectivity index (χ3n) is 10.1. The Bertz CT molecular complexity index is 1190. The lowest BCUT2D eigenvalue weighted by Gasteiger charge is -2.18. The molecule has 0 rings (SSSR count). The van der Waals surface area contributed by atoms with Crippen LogP contribution in [-0.4, -0.2) is 37.2 Å². The maximum Gasteiger partial charge on any atom is 0.306 e. The highest BCUT2D eigenvalue weighted by atomic mass is 16.6. The van der Waals surface area contributed by atoms with E-state index in [1.807, 2.05) is 12.2 Å². The molecule has 342 valence electrons. The molecule has 0 aromatic heterocycles. The van der Waals surface area contributed by atoms with Crippen LogP contribution in [0.3, 0.4) is 0 Å². The van der Waals surface area contributed by atoms with Crippen LogP contribution in [0.2, 0.25) is 0 Å². The number of unbranched alkanes of at least 4 members (excludes halogenated alkanes) is 18. The van der Waals surface area contributed by atoms with Gasteiger partial charge in [-0.25, -0.2) is 0 Å². The van der Waals surface area contributed by atoms with Crippen molar-refractivity contribution in [2.75, 3.05) is 13.2 Å². The number of hydrogen-bond acceptors (Lipinski definition) is 6. The van der Waals surface area contributed by atoms with Gasteiger partial charge in [-0.3, -0.25) is 14.4 Å². The van der Waals surface area contributed by atoms with E-state index in [9.17, 15) is 14.4 Å². The van der Waals surface area contributed by atoms with Crippen molar-refractivity contribution in [1.82, 2.24) is 0 Å². The Kier molecular flexibility index (Phi) is 45.5. The first-order valence-corrected chi connectivity index (χ1v) is 24.6. The minimum absolute atomic E-state index is 0.102. The zero-order valence-corrected chi connectivity index (χ0v) is 38.9.